The number of imidazole rings is 1. The summed E-state index contributed by atoms with van der Waals surface area (Å²) < 4.78 is 5.62. The fraction of sp³-hybridized carbons (Fsp3) is 0.417. The Morgan fingerprint density at radius 2 is 2.25 bits per heavy atom. The van der Waals surface area contributed by atoms with Crippen LogP contribution < -0.4 is 10.4 Å². The highest BCUT2D eigenvalue weighted by atomic mass is 16.5. The van der Waals surface area contributed by atoms with E-state index < -0.39 is 0 Å². The molecular weight excluding hydrogens is 204 g/mol. The first-order valence-corrected chi connectivity index (χ1v) is 5.56. The van der Waals surface area contributed by atoms with Gasteiger partial charge in [0.15, 0.2) is 0 Å². The van der Waals surface area contributed by atoms with Crippen molar-refractivity contribution in [1.29, 1.82) is 0 Å². The quantitative estimate of drug-likeness (QED) is 0.757. The average Bonchev–Trinajstić information content (AvgIpc) is 2.65. The van der Waals surface area contributed by atoms with Crippen LogP contribution in [0.5, 0.6) is 5.75 Å². The van der Waals surface area contributed by atoms with Crippen LogP contribution in [-0.4, -0.2) is 16.6 Å². The molecule has 2 aromatic rings. The molecular formula is C12H15N2O2. The number of rotatable bonds is 5. The average molecular weight is 219 g/mol. The molecule has 2 N–H and O–H groups in total. The summed E-state index contributed by atoms with van der Waals surface area (Å²) >= 11 is 0. The number of aromatic nitrogens is 2. The van der Waals surface area contributed by atoms with Crippen LogP contribution in [0, 0.1) is 6.07 Å². The fourth-order valence-corrected chi connectivity index (χ4v) is 1.61. The number of unbranched alkanes of at least 4 members (excludes halogenated alkanes) is 2. The Morgan fingerprint density at radius 3 is 3.06 bits per heavy atom. The van der Waals surface area contributed by atoms with Crippen LogP contribution in [0.4, 0.5) is 0 Å². The minimum atomic E-state index is -0.226. The van der Waals surface area contributed by atoms with Crippen LogP contribution >= 0.6 is 0 Å². The summed E-state index contributed by atoms with van der Waals surface area (Å²) in [5.74, 6) is 0.711. The van der Waals surface area contributed by atoms with E-state index in [1.807, 2.05) is 6.07 Å². The number of hydrogen-bond acceptors (Lipinski definition) is 2. The molecule has 0 aliphatic rings. The lowest BCUT2D eigenvalue weighted by Gasteiger charge is -2.05. The molecule has 0 bridgehead atoms. The van der Waals surface area contributed by atoms with Gasteiger partial charge in [0.2, 0.25) is 0 Å². The summed E-state index contributed by atoms with van der Waals surface area (Å²) in [7, 11) is 0. The molecule has 1 heterocycles. The SMILES string of the molecule is CCCCCOc1cc[c]c2[nH]c(=O)[nH]c12. The van der Waals surface area contributed by atoms with Crippen LogP contribution in [0.15, 0.2) is 16.9 Å². The number of fused-ring (bicyclic) bond motifs is 1. The van der Waals surface area contributed by atoms with Crippen molar-refractivity contribution in [3.8, 4) is 5.75 Å². The van der Waals surface area contributed by atoms with E-state index in [1.54, 1.807) is 6.07 Å². The molecule has 16 heavy (non-hydrogen) atoms. The van der Waals surface area contributed by atoms with Crippen molar-refractivity contribution in [3.63, 3.8) is 0 Å². The van der Waals surface area contributed by atoms with Crippen LogP contribution in [0.2, 0.25) is 0 Å². The largest absolute Gasteiger partial charge is 0.491 e. The molecule has 4 heteroatoms. The lowest BCUT2D eigenvalue weighted by atomic mass is 10.2. The van der Waals surface area contributed by atoms with E-state index in [2.05, 4.69) is 23.0 Å². The van der Waals surface area contributed by atoms with Crippen LogP contribution in [0.1, 0.15) is 26.2 Å². The molecule has 85 valence electrons. The third-order valence-electron chi connectivity index (χ3n) is 2.44. The molecule has 0 atom stereocenters. The predicted molar refractivity (Wildman–Crippen MR) is 62.8 cm³/mol. The zero-order valence-electron chi connectivity index (χ0n) is 9.30. The van der Waals surface area contributed by atoms with Crippen molar-refractivity contribution in [2.24, 2.45) is 0 Å². The molecule has 0 saturated heterocycles. The molecule has 0 unspecified atom stereocenters. The molecule has 0 aliphatic carbocycles. The van der Waals surface area contributed by atoms with Gasteiger partial charge in [-0.05, 0) is 18.6 Å². The standard InChI is InChI=1S/C12H15N2O2/c1-2-3-4-8-16-10-7-5-6-9-11(10)14-12(15)13-9/h5,7H,2-4,8H2,1H3,(H2,13,14,15). The van der Waals surface area contributed by atoms with E-state index in [4.69, 9.17) is 4.74 Å². The Hall–Kier alpha value is -1.71. The van der Waals surface area contributed by atoms with Crippen molar-refractivity contribution in [1.82, 2.24) is 9.97 Å². The Labute approximate surface area is 93.6 Å². The van der Waals surface area contributed by atoms with E-state index in [-0.39, 0.29) is 5.69 Å². The second-order valence-corrected chi connectivity index (χ2v) is 3.73. The number of ether oxygens (including phenoxy) is 1. The summed E-state index contributed by atoms with van der Waals surface area (Å²) in [6.07, 6.45) is 3.36. The highest BCUT2D eigenvalue weighted by Crippen LogP contribution is 2.20. The zero-order chi connectivity index (χ0) is 11.4. The summed E-state index contributed by atoms with van der Waals surface area (Å²) in [4.78, 5) is 16.5. The highest BCUT2D eigenvalue weighted by Gasteiger charge is 2.04. The summed E-state index contributed by atoms with van der Waals surface area (Å²) in [5, 5.41) is 0. The first-order chi connectivity index (χ1) is 7.81. The van der Waals surface area contributed by atoms with Crippen molar-refractivity contribution in [2.45, 2.75) is 26.2 Å². The number of benzene rings is 1. The minimum absolute atomic E-state index is 0.226. The van der Waals surface area contributed by atoms with Crippen molar-refractivity contribution in [2.75, 3.05) is 6.61 Å². The van der Waals surface area contributed by atoms with Gasteiger partial charge in [-0.1, -0.05) is 19.8 Å². The molecule has 1 radical (unpaired) electrons. The van der Waals surface area contributed by atoms with Gasteiger partial charge in [-0.3, -0.25) is 0 Å². The van der Waals surface area contributed by atoms with Gasteiger partial charge in [-0.15, -0.1) is 0 Å². The van der Waals surface area contributed by atoms with E-state index in [0.717, 1.165) is 12.8 Å². The van der Waals surface area contributed by atoms with Gasteiger partial charge >= 0.3 is 5.69 Å². The van der Waals surface area contributed by atoms with Gasteiger partial charge in [0, 0.05) is 6.07 Å². The molecule has 1 aromatic heterocycles. The monoisotopic (exact) mass is 219 g/mol. The van der Waals surface area contributed by atoms with Crippen LogP contribution in [-0.2, 0) is 0 Å². The fourth-order valence-electron chi connectivity index (χ4n) is 1.61. The number of aromatic amines is 2. The Morgan fingerprint density at radius 1 is 1.38 bits per heavy atom. The maximum Gasteiger partial charge on any atom is 0.323 e. The lowest BCUT2D eigenvalue weighted by molar-refractivity contribution is 0.309. The first-order valence-electron chi connectivity index (χ1n) is 5.56. The van der Waals surface area contributed by atoms with Gasteiger partial charge in [0.25, 0.3) is 0 Å². The Bertz CT molecular complexity index is 513. The van der Waals surface area contributed by atoms with E-state index in [1.165, 1.54) is 6.42 Å². The van der Waals surface area contributed by atoms with Crippen molar-refractivity contribution >= 4 is 11.0 Å². The van der Waals surface area contributed by atoms with Crippen molar-refractivity contribution < 1.29 is 4.74 Å². The van der Waals surface area contributed by atoms with Gasteiger partial charge in [-0.2, -0.15) is 0 Å². The van der Waals surface area contributed by atoms with E-state index in [9.17, 15) is 4.79 Å². The maximum atomic E-state index is 11.1. The molecule has 0 aliphatic heterocycles. The minimum Gasteiger partial charge on any atom is -0.491 e. The second-order valence-electron chi connectivity index (χ2n) is 3.73. The molecule has 4 nitrogen and oxygen atoms in total. The molecule has 2 rings (SSSR count). The number of H-pyrrole nitrogens is 2. The molecule has 0 fully saturated rings. The number of nitrogens with one attached hydrogen (secondary N) is 2. The van der Waals surface area contributed by atoms with E-state index in [0.29, 0.717) is 23.4 Å². The number of hydrogen-bond donors (Lipinski definition) is 2. The van der Waals surface area contributed by atoms with Crippen molar-refractivity contribution in [3.05, 3.63) is 28.7 Å². The van der Waals surface area contributed by atoms with Crippen LogP contribution in [0.3, 0.4) is 0 Å². The molecule has 1 aromatic carbocycles. The topological polar surface area (TPSA) is 57.9 Å². The molecule has 0 spiro atoms. The zero-order valence-corrected chi connectivity index (χ0v) is 9.30. The predicted octanol–water partition coefficient (Wildman–Crippen LogP) is 2.23. The Kier molecular flexibility index (Phi) is 3.29. The lowest BCUT2D eigenvalue weighted by Crippen LogP contribution is -2.00. The smallest absolute Gasteiger partial charge is 0.323 e. The summed E-state index contributed by atoms with van der Waals surface area (Å²) in [5.41, 5.74) is 1.14. The van der Waals surface area contributed by atoms with E-state index >= 15 is 0 Å². The summed E-state index contributed by atoms with van der Waals surface area (Å²) in [6.45, 7) is 2.83. The normalized spacial score (nSPS) is 10.8. The van der Waals surface area contributed by atoms with Gasteiger partial charge < -0.3 is 14.7 Å². The third-order valence-corrected chi connectivity index (χ3v) is 2.44. The molecule has 0 amide bonds. The van der Waals surface area contributed by atoms with Gasteiger partial charge in [0.05, 0.1) is 12.1 Å². The van der Waals surface area contributed by atoms with Crippen LogP contribution in [0.25, 0.3) is 11.0 Å². The molecule has 0 saturated carbocycles. The third kappa shape index (κ3) is 2.27. The van der Waals surface area contributed by atoms with Gasteiger partial charge in [-0.25, -0.2) is 4.79 Å². The first kappa shape index (κ1) is 10.8. The maximum absolute atomic E-state index is 11.1. The van der Waals surface area contributed by atoms with Gasteiger partial charge in [0.1, 0.15) is 11.3 Å². The Balaban J connectivity index is 2.14. The second kappa shape index (κ2) is 4.88. The summed E-state index contributed by atoms with van der Waals surface area (Å²) in [6, 6.07) is 6.52. The highest BCUT2D eigenvalue weighted by molar-refractivity contribution is 5.80.